The summed E-state index contributed by atoms with van der Waals surface area (Å²) in [5.74, 6) is 0.945. The van der Waals surface area contributed by atoms with Crippen LogP contribution in [-0.2, 0) is 6.18 Å². The smallest absolute Gasteiger partial charge is 0.368 e. The van der Waals surface area contributed by atoms with Gasteiger partial charge in [0, 0.05) is 42.8 Å². The van der Waals surface area contributed by atoms with Gasteiger partial charge in [-0.2, -0.15) is 18.4 Å². The molecule has 1 aromatic carbocycles. The number of benzene rings is 1. The van der Waals surface area contributed by atoms with Crippen LogP contribution in [0.2, 0.25) is 0 Å². The van der Waals surface area contributed by atoms with Crippen molar-refractivity contribution in [1.82, 2.24) is 19.9 Å². The van der Waals surface area contributed by atoms with Crippen molar-refractivity contribution >= 4 is 11.7 Å². The Kier molecular flexibility index (Phi) is 5.84. The van der Waals surface area contributed by atoms with Gasteiger partial charge in [0.15, 0.2) is 5.82 Å². The fraction of sp³-hybridized carbons (Fsp3) is 0.320. The summed E-state index contributed by atoms with van der Waals surface area (Å²) in [7, 11) is 0. The number of piperidine rings is 1. The number of halogens is 3. The van der Waals surface area contributed by atoms with Gasteiger partial charge in [0.25, 0.3) is 5.91 Å². The van der Waals surface area contributed by atoms with Crippen LogP contribution in [0.25, 0.3) is 11.4 Å². The predicted molar refractivity (Wildman–Crippen MR) is 121 cm³/mol. The van der Waals surface area contributed by atoms with E-state index in [0.717, 1.165) is 31.5 Å². The molecule has 2 fully saturated rings. The number of pyridine rings is 1. The first-order chi connectivity index (χ1) is 16.8. The van der Waals surface area contributed by atoms with Gasteiger partial charge in [-0.15, -0.1) is 0 Å². The minimum Gasteiger partial charge on any atom is -0.368 e. The molecule has 0 bridgehead atoms. The third-order valence-corrected chi connectivity index (χ3v) is 6.54. The quantitative estimate of drug-likeness (QED) is 0.579. The highest BCUT2D eigenvalue weighted by Crippen LogP contribution is 2.46. The Morgan fingerprint density at radius 1 is 1.14 bits per heavy atom. The zero-order valence-corrected chi connectivity index (χ0v) is 18.5. The molecule has 1 saturated carbocycles. The Bertz CT molecular complexity index is 1270. The second-order valence-corrected chi connectivity index (χ2v) is 8.76. The lowest BCUT2D eigenvalue weighted by molar-refractivity contribution is -0.137. The van der Waals surface area contributed by atoms with Gasteiger partial charge in [0.2, 0.25) is 0 Å². The normalized spacial score (nSPS) is 21.1. The van der Waals surface area contributed by atoms with Gasteiger partial charge in [0.1, 0.15) is 5.82 Å². The number of carbonyl (C=O) groups excluding carboxylic acids is 1. The third kappa shape index (κ3) is 4.67. The number of alkyl halides is 3. The summed E-state index contributed by atoms with van der Waals surface area (Å²) >= 11 is 0. The van der Waals surface area contributed by atoms with Crippen molar-refractivity contribution in [2.45, 2.75) is 37.5 Å². The summed E-state index contributed by atoms with van der Waals surface area (Å²) in [5.41, 5.74) is 0.460. The van der Waals surface area contributed by atoms with Crippen LogP contribution in [0.3, 0.4) is 0 Å². The topological polar surface area (TPSA) is 94.8 Å². The van der Waals surface area contributed by atoms with E-state index >= 15 is 0 Å². The summed E-state index contributed by atoms with van der Waals surface area (Å²) in [5, 5.41) is 12.5. The van der Waals surface area contributed by atoms with E-state index in [1.807, 2.05) is 4.90 Å². The first-order valence-corrected chi connectivity index (χ1v) is 11.3. The predicted octanol–water partition coefficient (Wildman–Crippen LogP) is 4.53. The minimum atomic E-state index is -4.45. The highest BCUT2D eigenvalue weighted by atomic mass is 19.4. The van der Waals surface area contributed by atoms with E-state index in [2.05, 4.69) is 26.3 Å². The Morgan fingerprint density at radius 3 is 2.63 bits per heavy atom. The molecule has 1 aliphatic heterocycles. The molecule has 1 N–H and O–H groups in total. The highest BCUT2D eigenvalue weighted by Gasteiger charge is 2.50. The molecule has 0 unspecified atom stereocenters. The zero-order chi connectivity index (χ0) is 24.6. The van der Waals surface area contributed by atoms with Crippen LogP contribution >= 0.6 is 0 Å². The molecule has 5 rings (SSSR count). The van der Waals surface area contributed by atoms with Crippen molar-refractivity contribution in [3.63, 3.8) is 0 Å². The van der Waals surface area contributed by atoms with E-state index in [9.17, 15) is 23.2 Å². The number of nitrogens with one attached hydrogen (secondary N) is 1. The molecule has 35 heavy (non-hydrogen) atoms. The van der Waals surface area contributed by atoms with Crippen LogP contribution in [0.5, 0.6) is 0 Å². The summed E-state index contributed by atoms with van der Waals surface area (Å²) in [6, 6.07) is 10.9. The Hall–Kier alpha value is -4.00. The Morgan fingerprint density at radius 2 is 1.94 bits per heavy atom. The second-order valence-electron chi connectivity index (χ2n) is 8.76. The van der Waals surface area contributed by atoms with Gasteiger partial charge in [-0.3, -0.25) is 4.79 Å². The van der Waals surface area contributed by atoms with Crippen LogP contribution < -0.4 is 5.32 Å². The number of amides is 1. The number of carbonyl (C=O) groups is 1. The fourth-order valence-electron chi connectivity index (χ4n) is 4.67. The van der Waals surface area contributed by atoms with Crippen molar-refractivity contribution in [2.24, 2.45) is 5.92 Å². The molecule has 3 atom stereocenters. The van der Waals surface area contributed by atoms with Gasteiger partial charge in [0.05, 0.1) is 22.8 Å². The second kappa shape index (κ2) is 8.98. The van der Waals surface area contributed by atoms with Crippen LogP contribution in [0.4, 0.5) is 19.0 Å². The molecule has 1 saturated heterocycles. The number of likely N-dealkylation sites (tertiary alicyclic amines) is 1. The molecule has 1 amide bonds. The third-order valence-electron chi connectivity index (χ3n) is 6.54. The maximum absolute atomic E-state index is 13.9. The molecule has 2 aromatic heterocycles. The highest BCUT2D eigenvalue weighted by molar-refractivity contribution is 6.01. The van der Waals surface area contributed by atoms with Crippen molar-refractivity contribution in [3.05, 3.63) is 71.7 Å². The van der Waals surface area contributed by atoms with Crippen LogP contribution in [0.15, 0.2) is 55.0 Å². The van der Waals surface area contributed by atoms with E-state index in [-0.39, 0.29) is 18.0 Å². The van der Waals surface area contributed by atoms with Crippen molar-refractivity contribution in [3.8, 4) is 17.5 Å². The van der Waals surface area contributed by atoms with E-state index in [0.29, 0.717) is 40.8 Å². The molecular weight excluding hydrogens is 457 g/mol. The average Bonchev–Trinajstić information content (AvgIpc) is 3.66. The molecule has 3 heterocycles. The summed E-state index contributed by atoms with van der Waals surface area (Å²) in [4.78, 5) is 28.2. The number of anilines is 1. The molecule has 0 radical (unpaired) electrons. The van der Waals surface area contributed by atoms with Crippen LogP contribution in [-0.4, -0.2) is 44.4 Å². The lowest BCUT2D eigenvalue weighted by atomic mass is 9.97. The first-order valence-electron chi connectivity index (χ1n) is 11.3. The monoisotopic (exact) mass is 478 g/mol. The maximum atomic E-state index is 13.9. The lowest BCUT2D eigenvalue weighted by Gasteiger charge is -2.36. The standard InChI is InChI=1S/C25H21F3N6O/c26-25(27,28)17-4-7-22(32-13-17)33-14-18-5-3-16-11-21(16)34(18)24(35)20-10-15(12-29)2-6-19(20)23-30-8-1-9-31-23/h1-2,4,6-10,13,16,18,21H,3,5,11,14H2,(H,32,33)/t16-,18+,21+/m1/s1. The molecular formula is C25H21F3N6O. The summed E-state index contributed by atoms with van der Waals surface area (Å²) < 4.78 is 38.5. The Balaban J connectivity index is 1.40. The van der Waals surface area contributed by atoms with E-state index in [1.165, 1.54) is 6.07 Å². The fourth-order valence-corrected chi connectivity index (χ4v) is 4.67. The molecule has 178 valence electrons. The lowest BCUT2D eigenvalue weighted by Crippen LogP contribution is -2.48. The van der Waals surface area contributed by atoms with Crippen molar-refractivity contribution in [1.29, 1.82) is 5.26 Å². The molecule has 3 aromatic rings. The summed E-state index contributed by atoms with van der Waals surface area (Å²) in [6.45, 7) is 0.350. The summed E-state index contributed by atoms with van der Waals surface area (Å²) in [6.07, 6.45) is 2.19. The number of aromatic nitrogens is 3. The number of hydrogen-bond donors (Lipinski definition) is 1. The molecule has 2 aliphatic rings. The number of rotatable bonds is 5. The van der Waals surface area contributed by atoms with Gasteiger partial charge >= 0.3 is 6.18 Å². The Labute approximate surface area is 199 Å². The number of fused-ring (bicyclic) bond motifs is 1. The van der Waals surface area contributed by atoms with Crippen molar-refractivity contribution in [2.75, 3.05) is 11.9 Å². The van der Waals surface area contributed by atoms with Gasteiger partial charge in [-0.05, 0) is 61.6 Å². The van der Waals surface area contributed by atoms with Crippen LogP contribution in [0.1, 0.15) is 40.7 Å². The number of nitriles is 1. The maximum Gasteiger partial charge on any atom is 0.417 e. The molecule has 10 heteroatoms. The number of hydrogen-bond acceptors (Lipinski definition) is 6. The molecule has 7 nitrogen and oxygen atoms in total. The molecule has 1 aliphatic carbocycles. The zero-order valence-electron chi connectivity index (χ0n) is 18.5. The minimum absolute atomic E-state index is 0.0962. The van der Waals surface area contributed by atoms with Gasteiger partial charge < -0.3 is 10.2 Å². The molecule has 0 spiro atoms. The van der Waals surface area contributed by atoms with E-state index < -0.39 is 11.7 Å². The van der Waals surface area contributed by atoms with Gasteiger partial charge in [-0.1, -0.05) is 0 Å². The van der Waals surface area contributed by atoms with Crippen LogP contribution in [0, 0.1) is 17.2 Å². The van der Waals surface area contributed by atoms with Crippen molar-refractivity contribution < 1.29 is 18.0 Å². The largest absolute Gasteiger partial charge is 0.417 e. The first kappa shape index (κ1) is 22.8. The number of nitrogens with zero attached hydrogens (tertiary/aromatic N) is 5. The van der Waals surface area contributed by atoms with Gasteiger partial charge in [-0.25, -0.2) is 15.0 Å². The average molecular weight is 478 g/mol. The van der Waals surface area contributed by atoms with E-state index in [4.69, 9.17) is 0 Å². The van der Waals surface area contributed by atoms with E-state index in [1.54, 1.807) is 36.7 Å². The SMILES string of the molecule is N#Cc1ccc(-c2ncccn2)c(C(=O)N2[C@H](CNc3ccc(C(F)(F)F)cn3)CC[C@@H]3C[C@@H]32)c1.